The lowest BCUT2D eigenvalue weighted by atomic mass is 9.95. The van der Waals surface area contributed by atoms with Crippen LogP contribution >= 0.6 is 0 Å². The minimum absolute atomic E-state index is 0.0437. The molecule has 1 aliphatic carbocycles. The summed E-state index contributed by atoms with van der Waals surface area (Å²) < 4.78 is 40.5. The predicted molar refractivity (Wildman–Crippen MR) is 182 cm³/mol. The minimum Gasteiger partial charge on any atom is -0.497 e. The van der Waals surface area contributed by atoms with Crippen LogP contribution in [0.1, 0.15) is 44.6 Å². The van der Waals surface area contributed by atoms with Crippen LogP contribution in [0.25, 0.3) is 0 Å². The number of hydrogen-bond donors (Lipinski definition) is 1. The van der Waals surface area contributed by atoms with Gasteiger partial charge in [0.25, 0.3) is 10.0 Å². The monoisotopic (exact) mass is 655 g/mol. The number of nitrogens with one attached hydrogen (secondary N) is 1. The summed E-state index contributed by atoms with van der Waals surface area (Å²) in [6.45, 7) is 1.27. The van der Waals surface area contributed by atoms with Crippen LogP contribution in [0.3, 0.4) is 0 Å². The first kappa shape index (κ1) is 33.5. The molecular weight excluding hydrogens is 614 g/mol. The van der Waals surface area contributed by atoms with Gasteiger partial charge in [0.1, 0.15) is 29.8 Å². The topological polar surface area (TPSA) is 105 Å². The molecule has 0 spiro atoms. The van der Waals surface area contributed by atoms with Gasteiger partial charge in [-0.05, 0) is 86.0 Å². The Labute approximate surface area is 277 Å². The van der Waals surface area contributed by atoms with Gasteiger partial charge < -0.3 is 19.7 Å². The number of sulfonamides is 1. The number of benzene rings is 4. The van der Waals surface area contributed by atoms with Gasteiger partial charge in [-0.15, -0.1) is 0 Å². The van der Waals surface area contributed by atoms with Gasteiger partial charge in [0, 0.05) is 12.6 Å². The van der Waals surface area contributed by atoms with Gasteiger partial charge in [0.2, 0.25) is 11.8 Å². The molecule has 0 radical (unpaired) electrons. The largest absolute Gasteiger partial charge is 0.497 e. The van der Waals surface area contributed by atoms with Gasteiger partial charge in [-0.25, -0.2) is 8.42 Å². The van der Waals surface area contributed by atoms with E-state index < -0.39 is 28.5 Å². The van der Waals surface area contributed by atoms with Crippen LogP contribution in [0.2, 0.25) is 0 Å². The van der Waals surface area contributed by atoms with E-state index in [2.05, 4.69) is 5.32 Å². The molecule has 0 saturated heterocycles. The lowest BCUT2D eigenvalue weighted by Gasteiger charge is -2.33. The lowest BCUT2D eigenvalue weighted by Crippen LogP contribution is -2.53. The quantitative estimate of drug-likeness (QED) is 0.175. The fourth-order valence-corrected chi connectivity index (χ4v) is 7.07. The zero-order valence-corrected chi connectivity index (χ0v) is 27.6. The summed E-state index contributed by atoms with van der Waals surface area (Å²) in [6.07, 6.45) is 5.05. The van der Waals surface area contributed by atoms with Gasteiger partial charge in [-0.1, -0.05) is 67.8 Å². The van der Waals surface area contributed by atoms with Gasteiger partial charge in [-0.2, -0.15) is 0 Å². The third-order valence-electron chi connectivity index (χ3n) is 8.34. The van der Waals surface area contributed by atoms with Gasteiger partial charge in [0.15, 0.2) is 0 Å². The zero-order chi connectivity index (χ0) is 33.2. The van der Waals surface area contributed by atoms with E-state index >= 15 is 0 Å². The first-order chi connectivity index (χ1) is 22.7. The average Bonchev–Trinajstić information content (AvgIpc) is 3.11. The van der Waals surface area contributed by atoms with Crippen molar-refractivity contribution in [2.24, 2.45) is 0 Å². The van der Waals surface area contributed by atoms with Crippen molar-refractivity contribution in [3.8, 4) is 17.2 Å². The second-order valence-corrected chi connectivity index (χ2v) is 13.5. The number of ether oxygens (including phenoxy) is 2. The third kappa shape index (κ3) is 8.71. The molecule has 1 atom stereocenters. The SMILES string of the molecule is COc1ccc(CN(C(=O)CN(c2ccc(Oc3ccccc3)cc2)S(=O)(=O)c2ccccc2)C(C)C(=O)NC2CCCCC2)cc1. The molecule has 246 valence electrons. The molecule has 1 saturated carbocycles. The number of hydrogen-bond acceptors (Lipinski definition) is 6. The molecule has 4 aromatic rings. The maximum absolute atomic E-state index is 14.3. The Balaban J connectivity index is 1.45. The first-order valence-electron chi connectivity index (χ1n) is 15.9. The number of amides is 2. The molecular formula is C37H41N3O6S. The summed E-state index contributed by atoms with van der Waals surface area (Å²) in [7, 11) is -2.60. The predicted octanol–water partition coefficient (Wildman–Crippen LogP) is 6.55. The number of rotatable bonds is 13. The van der Waals surface area contributed by atoms with Crippen molar-refractivity contribution >= 4 is 27.5 Å². The molecule has 4 aromatic carbocycles. The molecule has 0 aromatic heterocycles. The summed E-state index contributed by atoms with van der Waals surface area (Å²) in [6, 6.07) is 30.2. The highest BCUT2D eigenvalue weighted by atomic mass is 32.2. The maximum Gasteiger partial charge on any atom is 0.264 e. The molecule has 2 amide bonds. The molecule has 0 bridgehead atoms. The molecule has 9 nitrogen and oxygen atoms in total. The Hall–Kier alpha value is -4.83. The molecule has 1 unspecified atom stereocenters. The van der Waals surface area contributed by atoms with Crippen LogP contribution in [0, 0.1) is 0 Å². The number of anilines is 1. The van der Waals surface area contributed by atoms with Crippen LogP contribution in [0.15, 0.2) is 114 Å². The van der Waals surface area contributed by atoms with Crippen molar-refractivity contribution in [1.29, 1.82) is 0 Å². The van der Waals surface area contributed by atoms with E-state index in [1.165, 1.54) is 17.0 Å². The van der Waals surface area contributed by atoms with Gasteiger partial charge in [0.05, 0.1) is 17.7 Å². The number of carbonyl (C=O) groups excluding carboxylic acids is 2. The van der Waals surface area contributed by atoms with Crippen molar-refractivity contribution in [3.05, 3.63) is 115 Å². The summed E-state index contributed by atoms with van der Waals surface area (Å²) in [5.74, 6) is 1.03. The first-order valence-corrected chi connectivity index (χ1v) is 17.3. The van der Waals surface area contributed by atoms with E-state index in [-0.39, 0.29) is 29.1 Å². The van der Waals surface area contributed by atoms with E-state index in [9.17, 15) is 18.0 Å². The smallest absolute Gasteiger partial charge is 0.264 e. The van der Waals surface area contributed by atoms with Crippen molar-refractivity contribution in [2.75, 3.05) is 18.0 Å². The van der Waals surface area contributed by atoms with Crippen LogP contribution in [-0.2, 0) is 26.2 Å². The molecule has 5 rings (SSSR count). The highest BCUT2D eigenvalue weighted by Gasteiger charge is 2.33. The molecule has 47 heavy (non-hydrogen) atoms. The Kier molecular flexibility index (Phi) is 11.2. The Morgan fingerprint density at radius 2 is 1.36 bits per heavy atom. The molecule has 10 heteroatoms. The Bertz CT molecular complexity index is 1710. The summed E-state index contributed by atoms with van der Waals surface area (Å²) in [5.41, 5.74) is 1.06. The standard InChI is InChI=1S/C37H41N3O6S/c1-28(37(42)38-30-12-6-3-7-13-30)39(26-29-18-22-32(45-2)23-19-29)36(41)27-40(47(43,44)35-16-10-5-11-17-35)31-20-24-34(25-21-31)46-33-14-8-4-9-15-33/h4-5,8-11,14-25,28,30H,3,6-7,12-13,26-27H2,1-2H3,(H,38,42). The van der Waals surface area contributed by atoms with Crippen LogP contribution in [-0.4, -0.2) is 50.9 Å². The number of carbonyl (C=O) groups is 2. The number of nitrogens with zero attached hydrogens (tertiary/aromatic N) is 2. The van der Waals surface area contributed by atoms with Crippen LogP contribution < -0.4 is 19.1 Å². The number of para-hydroxylation sites is 1. The Morgan fingerprint density at radius 1 is 0.787 bits per heavy atom. The summed E-state index contributed by atoms with van der Waals surface area (Å²) >= 11 is 0. The Morgan fingerprint density at radius 3 is 1.98 bits per heavy atom. The minimum atomic E-state index is -4.18. The van der Waals surface area contributed by atoms with Crippen molar-refractivity contribution in [2.45, 2.75) is 62.6 Å². The van der Waals surface area contributed by atoms with E-state index in [0.717, 1.165) is 42.0 Å². The molecule has 1 N–H and O–H groups in total. The van der Waals surface area contributed by atoms with Crippen molar-refractivity contribution in [3.63, 3.8) is 0 Å². The third-order valence-corrected chi connectivity index (χ3v) is 10.1. The zero-order valence-electron chi connectivity index (χ0n) is 26.7. The number of methoxy groups -OCH3 is 1. The fourth-order valence-electron chi connectivity index (χ4n) is 5.63. The van der Waals surface area contributed by atoms with Gasteiger partial charge in [-0.3, -0.25) is 13.9 Å². The van der Waals surface area contributed by atoms with E-state index in [4.69, 9.17) is 9.47 Å². The van der Waals surface area contributed by atoms with E-state index in [1.54, 1.807) is 68.6 Å². The van der Waals surface area contributed by atoms with E-state index in [0.29, 0.717) is 17.2 Å². The van der Waals surface area contributed by atoms with Gasteiger partial charge >= 0.3 is 0 Å². The summed E-state index contributed by atoms with van der Waals surface area (Å²) in [4.78, 5) is 29.3. The molecule has 1 aliphatic rings. The molecule has 0 aliphatic heterocycles. The second kappa shape index (κ2) is 15.6. The van der Waals surface area contributed by atoms with Crippen LogP contribution in [0.5, 0.6) is 17.2 Å². The maximum atomic E-state index is 14.3. The summed E-state index contributed by atoms with van der Waals surface area (Å²) in [5, 5.41) is 3.13. The van der Waals surface area contributed by atoms with Crippen LogP contribution in [0.4, 0.5) is 5.69 Å². The van der Waals surface area contributed by atoms with Crippen molar-refractivity contribution < 1.29 is 27.5 Å². The normalized spacial score (nSPS) is 14.1. The lowest BCUT2D eigenvalue weighted by molar-refractivity contribution is -0.139. The molecule has 1 fully saturated rings. The highest BCUT2D eigenvalue weighted by Crippen LogP contribution is 2.29. The second-order valence-electron chi connectivity index (χ2n) is 11.6. The molecule has 0 heterocycles. The average molecular weight is 656 g/mol. The van der Waals surface area contributed by atoms with E-state index in [1.807, 2.05) is 42.5 Å². The highest BCUT2D eigenvalue weighted by molar-refractivity contribution is 7.92. The van der Waals surface area contributed by atoms with Crippen molar-refractivity contribution in [1.82, 2.24) is 10.2 Å². The fraction of sp³-hybridized carbons (Fsp3) is 0.297.